The van der Waals surface area contributed by atoms with E-state index < -0.39 is 0 Å². The number of hydrogen-bond donors (Lipinski definition) is 1. The molecule has 2 amide bonds. The monoisotopic (exact) mass is 439 g/mol. The highest BCUT2D eigenvalue weighted by Crippen LogP contribution is 2.27. The first-order valence-electron chi connectivity index (χ1n) is 8.87. The van der Waals surface area contributed by atoms with E-state index in [1.165, 1.54) is 0 Å². The number of rotatable bonds is 5. The van der Waals surface area contributed by atoms with Gasteiger partial charge in [0.2, 0.25) is 11.8 Å². The summed E-state index contributed by atoms with van der Waals surface area (Å²) in [7, 11) is 0. The summed E-state index contributed by atoms with van der Waals surface area (Å²) in [6, 6.07) is 11.3. The van der Waals surface area contributed by atoms with Crippen molar-refractivity contribution in [3.05, 3.63) is 71.4 Å². The third-order valence-corrected chi connectivity index (χ3v) is 5.18. The van der Waals surface area contributed by atoms with E-state index in [4.69, 9.17) is 0 Å². The second-order valence-corrected chi connectivity index (χ2v) is 7.47. The van der Waals surface area contributed by atoms with Gasteiger partial charge in [0.05, 0.1) is 5.92 Å². The Labute approximate surface area is 170 Å². The fourth-order valence-electron chi connectivity index (χ4n) is 3.29. The molecule has 1 aromatic carbocycles. The number of imidazole rings is 1. The molecule has 28 heavy (non-hydrogen) atoms. The molecule has 3 heterocycles. The summed E-state index contributed by atoms with van der Waals surface area (Å²) >= 11 is 3.42. The Hall–Kier alpha value is -3.00. The minimum atomic E-state index is -0.375. The SMILES string of the molecule is O=C(NCc1cccnc1-n1ccnc1)[C@H]1CC(=O)N(c2cccc(Br)c2)C1. The van der Waals surface area contributed by atoms with Crippen molar-refractivity contribution in [1.82, 2.24) is 19.9 Å². The number of hydrogen-bond acceptors (Lipinski definition) is 4. The van der Waals surface area contributed by atoms with Crippen LogP contribution in [0.5, 0.6) is 0 Å². The van der Waals surface area contributed by atoms with E-state index >= 15 is 0 Å². The fraction of sp³-hybridized carbons (Fsp3) is 0.200. The van der Waals surface area contributed by atoms with Gasteiger partial charge in [-0.25, -0.2) is 9.97 Å². The topological polar surface area (TPSA) is 80.1 Å². The zero-order valence-corrected chi connectivity index (χ0v) is 16.5. The van der Waals surface area contributed by atoms with Gasteiger partial charge >= 0.3 is 0 Å². The Balaban J connectivity index is 1.42. The Kier molecular flexibility index (Phi) is 5.21. The lowest BCUT2D eigenvalue weighted by Gasteiger charge is -2.17. The maximum absolute atomic E-state index is 12.7. The number of carbonyl (C=O) groups is 2. The second-order valence-electron chi connectivity index (χ2n) is 6.56. The van der Waals surface area contributed by atoms with E-state index in [9.17, 15) is 9.59 Å². The average Bonchev–Trinajstić information content (AvgIpc) is 3.36. The van der Waals surface area contributed by atoms with Crippen LogP contribution < -0.4 is 10.2 Å². The van der Waals surface area contributed by atoms with Crippen molar-refractivity contribution < 1.29 is 9.59 Å². The van der Waals surface area contributed by atoms with E-state index in [0.717, 1.165) is 21.5 Å². The Bertz CT molecular complexity index is 1010. The highest BCUT2D eigenvalue weighted by Gasteiger charge is 2.35. The molecule has 0 spiro atoms. The Morgan fingerprint density at radius 3 is 2.93 bits per heavy atom. The van der Waals surface area contributed by atoms with Crippen molar-refractivity contribution in [1.29, 1.82) is 0 Å². The summed E-state index contributed by atoms with van der Waals surface area (Å²) in [5.41, 5.74) is 1.67. The summed E-state index contributed by atoms with van der Waals surface area (Å²) in [5.74, 6) is 0.170. The highest BCUT2D eigenvalue weighted by molar-refractivity contribution is 9.10. The summed E-state index contributed by atoms with van der Waals surface area (Å²) in [4.78, 5) is 35.1. The number of nitrogens with zero attached hydrogens (tertiary/aromatic N) is 4. The number of anilines is 1. The second kappa shape index (κ2) is 7.93. The zero-order chi connectivity index (χ0) is 19.5. The van der Waals surface area contributed by atoms with Gasteiger partial charge in [0, 0.05) is 53.8 Å². The molecule has 1 aliphatic rings. The average molecular weight is 440 g/mol. The number of aromatic nitrogens is 3. The lowest BCUT2D eigenvalue weighted by atomic mass is 10.1. The van der Waals surface area contributed by atoms with Crippen LogP contribution in [-0.4, -0.2) is 32.9 Å². The van der Waals surface area contributed by atoms with Crippen molar-refractivity contribution in [2.24, 2.45) is 5.92 Å². The van der Waals surface area contributed by atoms with Crippen LogP contribution in [0.3, 0.4) is 0 Å². The van der Waals surface area contributed by atoms with Crippen LogP contribution in [0.1, 0.15) is 12.0 Å². The van der Waals surface area contributed by atoms with Crippen LogP contribution in [0.25, 0.3) is 5.82 Å². The molecule has 0 bridgehead atoms. The Morgan fingerprint density at radius 2 is 2.14 bits per heavy atom. The van der Waals surface area contributed by atoms with Crippen molar-refractivity contribution in [3.63, 3.8) is 0 Å². The minimum absolute atomic E-state index is 0.0428. The van der Waals surface area contributed by atoms with Gasteiger partial charge in [0.1, 0.15) is 12.1 Å². The lowest BCUT2D eigenvalue weighted by Crippen LogP contribution is -2.32. The normalized spacial score (nSPS) is 16.4. The van der Waals surface area contributed by atoms with Crippen LogP contribution in [0, 0.1) is 5.92 Å². The van der Waals surface area contributed by atoms with Crippen LogP contribution >= 0.6 is 15.9 Å². The smallest absolute Gasteiger partial charge is 0.227 e. The molecule has 1 atom stereocenters. The van der Waals surface area contributed by atoms with Gasteiger partial charge in [-0.05, 0) is 24.3 Å². The molecule has 0 saturated carbocycles. The van der Waals surface area contributed by atoms with Gasteiger partial charge in [-0.3, -0.25) is 14.2 Å². The quantitative estimate of drug-likeness (QED) is 0.662. The van der Waals surface area contributed by atoms with E-state index in [1.54, 1.807) is 34.4 Å². The van der Waals surface area contributed by atoms with E-state index in [2.05, 4.69) is 31.2 Å². The van der Waals surface area contributed by atoms with Crippen molar-refractivity contribution in [2.75, 3.05) is 11.4 Å². The molecule has 0 unspecified atom stereocenters. The molecule has 1 aliphatic heterocycles. The molecule has 1 N–H and O–H groups in total. The van der Waals surface area contributed by atoms with Crippen molar-refractivity contribution in [2.45, 2.75) is 13.0 Å². The molecule has 1 fully saturated rings. The number of amides is 2. The summed E-state index contributed by atoms with van der Waals surface area (Å²) in [5, 5.41) is 2.95. The fourth-order valence-corrected chi connectivity index (χ4v) is 3.68. The standard InChI is InChI=1S/C20H18BrN5O2/c21-16-4-1-5-17(10-16)26-12-15(9-18(26)27)20(28)24-11-14-3-2-6-23-19(14)25-8-7-22-13-25/h1-8,10,13,15H,9,11-12H2,(H,24,28)/t15-/m0/s1. The first kappa shape index (κ1) is 18.4. The number of benzene rings is 1. The molecule has 4 rings (SSSR count). The summed E-state index contributed by atoms with van der Waals surface area (Å²) in [6.07, 6.45) is 7.06. The first-order chi connectivity index (χ1) is 13.6. The molecule has 142 valence electrons. The largest absolute Gasteiger partial charge is 0.352 e. The molecular weight excluding hydrogens is 422 g/mol. The number of nitrogens with one attached hydrogen (secondary N) is 1. The zero-order valence-electron chi connectivity index (χ0n) is 15.0. The maximum atomic E-state index is 12.7. The van der Waals surface area contributed by atoms with Gasteiger partial charge in [-0.1, -0.05) is 28.1 Å². The predicted molar refractivity (Wildman–Crippen MR) is 108 cm³/mol. The minimum Gasteiger partial charge on any atom is -0.352 e. The van der Waals surface area contributed by atoms with Gasteiger partial charge in [-0.2, -0.15) is 0 Å². The molecule has 7 nitrogen and oxygen atoms in total. The van der Waals surface area contributed by atoms with Crippen LogP contribution in [0.15, 0.2) is 65.8 Å². The van der Waals surface area contributed by atoms with E-state index in [-0.39, 0.29) is 24.2 Å². The molecule has 3 aromatic rings. The number of pyridine rings is 1. The van der Waals surface area contributed by atoms with E-state index in [1.807, 2.05) is 36.4 Å². The summed E-state index contributed by atoms with van der Waals surface area (Å²) in [6.45, 7) is 0.713. The number of halogens is 1. The van der Waals surface area contributed by atoms with E-state index in [0.29, 0.717) is 13.1 Å². The van der Waals surface area contributed by atoms with Crippen LogP contribution in [0.4, 0.5) is 5.69 Å². The van der Waals surface area contributed by atoms with Gasteiger partial charge in [0.15, 0.2) is 0 Å². The van der Waals surface area contributed by atoms with Gasteiger partial charge in [0.25, 0.3) is 0 Å². The molecular formula is C20H18BrN5O2. The first-order valence-corrected chi connectivity index (χ1v) is 9.67. The Morgan fingerprint density at radius 1 is 1.25 bits per heavy atom. The molecule has 1 saturated heterocycles. The van der Waals surface area contributed by atoms with Crippen molar-refractivity contribution >= 4 is 33.4 Å². The maximum Gasteiger partial charge on any atom is 0.227 e. The summed E-state index contributed by atoms with van der Waals surface area (Å²) < 4.78 is 2.70. The molecule has 8 heteroatoms. The van der Waals surface area contributed by atoms with Crippen LogP contribution in [-0.2, 0) is 16.1 Å². The van der Waals surface area contributed by atoms with Crippen molar-refractivity contribution in [3.8, 4) is 5.82 Å². The molecule has 0 aliphatic carbocycles. The van der Waals surface area contributed by atoms with Crippen LogP contribution in [0.2, 0.25) is 0 Å². The number of carbonyl (C=O) groups excluding carboxylic acids is 2. The third kappa shape index (κ3) is 3.82. The predicted octanol–water partition coefficient (Wildman–Crippen LogP) is 2.70. The van der Waals surface area contributed by atoms with Gasteiger partial charge in [-0.15, -0.1) is 0 Å². The highest BCUT2D eigenvalue weighted by atomic mass is 79.9. The third-order valence-electron chi connectivity index (χ3n) is 4.69. The van der Waals surface area contributed by atoms with Gasteiger partial charge < -0.3 is 10.2 Å². The lowest BCUT2D eigenvalue weighted by molar-refractivity contribution is -0.126. The molecule has 0 radical (unpaired) electrons. The molecule has 2 aromatic heterocycles.